The molecule has 0 saturated carbocycles. The van der Waals surface area contributed by atoms with Crippen molar-refractivity contribution in [3.63, 3.8) is 0 Å². The average Bonchev–Trinajstić information content (AvgIpc) is 2.50. The third-order valence-electron chi connectivity index (χ3n) is 3.39. The van der Waals surface area contributed by atoms with Gasteiger partial charge < -0.3 is 10.6 Å². The van der Waals surface area contributed by atoms with E-state index in [0.717, 1.165) is 17.7 Å². The fraction of sp³-hybridized carbons (Fsp3) is 0.188. The molecular formula is C16H15FN2OS. The van der Waals surface area contributed by atoms with Crippen LogP contribution >= 0.6 is 11.8 Å². The molecule has 0 spiro atoms. The number of anilines is 1. The van der Waals surface area contributed by atoms with Crippen LogP contribution in [-0.4, -0.2) is 11.8 Å². The van der Waals surface area contributed by atoms with Crippen LogP contribution in [0.25, 0.3) is 0 Å². The highest BCUT2D eigenvalue weighted by Gasteiger charge is 2.22. The number of carbonyl (C=O) groups is 1. The SMILES string of the molecule is O=C(Nc1ccccc1F)NC1CCSc2ccccc21. The van der Waals surface area contributed by atoms with Crippen molar-refractivity contribution in [2.24, 2.45) is 0 Å². The van der Waals surface area contributed by atoms with Crippen molar-refractivity contribution in [1.82, 2.24) is 5.32 Å². The number of hydrogen-bond donors (Lipinski definition) is 2. The standard InChI is InChI=1S/C16H15FN2OS/c17-12-6-2-3-7-14(12)19-16(20)18-13-9-10-21-15-8-4-1-5-11(13)15/h1-8,13H,9-10H2,(H2,18,19,20). The summed E-state index contributed by atoms with van der Waals surface area (Å²) >= 11 is 1.79. The topological polar surface area (TPSA) is 41.1 Å². The van der Waals surface area contributed by atoms with Crippen LogP contribution < -0.4 is 10.6 Å². The molecule has 1 aliphatic heterocycles. The van der Waals surface area contributed by atoms with Crippen molar-refractivity contribution in [3.05, 3.63) is 59.9 Å². The Hall–Kier alpha value is -2.01. The van der Waals surface area contributed by atoms with Gasteiger partial charge in [-0.1, -0.05) is 30.3 Å². The zero-order valence-electron chi connectivity index (χ0n) is 11.3. The lowest BCUT2D eigenvalue weighted by Gasteiger charge is -2.25. The van der Waals surface area contributed by atoms with E-state index in [1.807, 2.05) is 18.2 Å². The van der Waals surface area contributed by atoms with Crippen molar-refractivity contribution in [2.75, 3.05) is 11.1 Å². The summed E-state index contributed by atoms with van der Waals surface area (Å²) in [6, 6.07) is 13.8. The summed E-state index contributed by atoms with van der Waals surface area (Å²) in [5.41, 5.74) is 1.31. The van der Waals surface area contributed by atoms with Crippen LogP contribution in [0, 0.1) is 5.82 Å². The van der Waals surface area contributed by atoms with E-state index in [4.69, 9.17) is 0 Å². The smallest absolute Gasteiger partial charge is 0.319 e. The normalized spacial score (nSPS) is 16.9. The molecule has 3 rings (SSSR count). The van der Waals surface area contributed by atoms with E-state index < -0.39 is 5.82 Å². The summed E-state index contributed by atoms with van der Waals surface area (Å²) in [7, 11) is 0. The molecule has 0 aliphatic carbocycles. The zero-order chi connectivity index (χ0) is 14.7. The van der Waals surface area contributed by atoms with Gasteiger partial charge in [-0.15, -0.1) is 11.8 Å². The van der Waals surface area contributed by atoms with E-state index in [1.165, 1.54) is 11.0 Å². The predicted octanol–water partition coefficient (Wildman–Crippen LogP) is 4.18. The molecule has 2 aromatic rings. The molecule has 2 N–H and O–H groups in total. The van der Waals surface area contributed by atoms with Gasteiger partial charge in [-0.2, -0.15) is 0 Å². The Balaban J connectivity index is 1.70. The first-order chi connectivity index (χ1) is 10.2. The molecule has 0 aromatic heterocycles. The summed E-state index contributed by atoms with van der Waals surface area (Å²) in [6.45, 7) is 0. The molecule has 2 aromatic carbocycles. The van der Waals surface area contributed by atoms with E-state index in [9.17, 15) is 9.18 Å². The molecule has 5 heteroatoms. The number of amides is 2. The van der Waals surface area contributed by atoms with Crippen molar-refractivity contribution < 1.29 is 9.18 Å². The maximum Gasteiger partial charge on any atom is 0.319 e. The van der Waals surface area contributed by atoms with Gasteiger partial charge in [0.05, 0.1) is 11.7 Å². The van der Waals surface area contributed by atoms with Crippen LogP contribution in [0.5, 0.6) is 0 Å². The Morgan fingerprint density at radius 3 is 2.76 bits per heavy atom. The Morgan fingerprint density at radius 2 is 1.90 bits per heavy atom. The number of halogens is 1. The minimum atomic E-state index is -0.438. The molecule has 1 heterocycles. The fourth-order valence-electron chi connectivity index (χ4n) is 2.37. The molecule has 0 fully saturated rings. The highest BCUT2D eigenvalue weighted by Crippen LogP contribution is 2.35. The minimum absolute atomic E-state index is 0.0331. The van der Waals surface area contributed by atoms with E-state index in [0.29, 0.717) is 0 Å². The Labute approximate surface area is 126 Å². The lowest BCUT2D eigenvalue weighted by atomic mass is 10.0. The molecule has 1 unspecified atom stereocenters. The zero-order valence-corrected chi connectivity index (χ0v) is 12.1. The van der Waals surface area contributed by atoms with Crippen molar-refractivity contribution in [3.8, 4) is 0 Å². The van der Waals surface area contributed by atoms with Gasteiger partial charge >= 0.3 is 6.03 Å². The number of fused-ring (bicyclic) bond motifs is 1. The molecule has 2 amide bonds. The van der Waals surface area contributed by atoms with Crippen LogP contribution in [0.2, 0.25) is 0 Å². The summed E-state index contributed by atoms with van der Waals surface area (Å²) in [5, 5.41) is 5.48. The van der Waals surface area contributed by atoms with Gasteiger partial charge in [0.1, 0.15) is 5.82 Å². The predicted molar refractivity (Wildman–Crippen MR) is 83.1 cm³/mol. The molecule has 3 nitrogen and oxygen atoms in total. The van der Waals surface area contributed by atoms with Gasteiger partial charge in [-0.05, 0) is 30.2 Å². The Bertz CT molecular complexity index is 662. The first-order valence-electron chi connectivity index (χ1n) is 6.78. The van der Waals surface area contributed by atoms with Gasteiger partial charge in [0.2, 0.25) is 0 Å². The van der Waals surface area contributed by atoms with E-state index in [2.05, 4.69) is 16.7 Å². The fourth-order valence-corrected chi connectivity index (χ4v) is 3.50. The number of hydrogen-bond acceptors (Lipinski definition) is 2. The van der Waals surface area contributed by atoms with Gasteiger partial charge in [0.25, 0.3) is 0 Å². The largest absolute Gasteiger partial charge is 0.331 e. The summed E-state index contributed by atoms with van der Waals surface area (Å²) < 4.78 is 13.5. The average molecular weight is 302 g/mol. The van der Waals surface area contributed by atoms with Crippen molar-refractivity contribution >= 4 is 23.5 Å². The van der Waals surface area contributed by atoms with Crippen LogP contribution in [0.3, 0.4) is 0 Å². The van der Waals surface area contributed by atoms with Gasteiger partial charge in [-0.3, -0.25) is 0 Å². The van der Waals surface area contributed by atoms with E-state index in [-0.39, 0.29) is 17.8 Å². The van der Waals surface area contributed by atoms with Crippen LogP contribution in [0.4, 0.5) is 14.9 Å². The number of nitrogens with one attached hydrogen (secondary N) is 2. The summed E-state index contributed by atoms with van der Waals surface area (Å²) in [6.07, 6.45) is 0.867. The van der Waals surface area contributed by atoms with Gasteiger partial charge in [0.15, 0.2) is 0 Å². The van der Waals surface area contributed by atoms with Crippen molar-refractivity contribution in [1.29, 1.82) is 0 Å². The minimum Gasteiger partial charge on any atom is -0.331 e. The quantitative estimate of drug-likeness (QED) is 0.873. The van der Waals surface area contributed by atoms with Crippen LogP contribution in [0.15, 0.2) is 53.4 Å². The molecular weight excluding hydrogens is 287 g/mol. The van der Waals surface area contributed by atoms with E-state index in [1.54, 1.807) is 30.0 Å². The summed E-state index contributed by atoms with van der Waals surface area (Å²) in [4.78, 5) is 13.2. The second-order valence-corrected chi connectivity index (χ2v) is 5.94. The molecule has 0 saturated heterocycles. The second kappa shape index (κ2) is 6.18. The Kier molecular flexibility index (Phi) is 4.10. The van der Waals surface area contributed by atoms with Gasteiger partial charge in [-0.25, -0.2) is 9.18 Å². The number of rotatable bonds is 2. The molecule has 21 heavy (non-hydrogen) atoms. The highest BCUT2D eigenvalue weighted by molar-refractivity contribution is 7.99. The lowest BCUT2D eigenvalue weighted by Crippen LogP contribution is -2.34. The van der Waals surface area contributed by atoms with Crippen LogP contribution in [0.1, 0.15) is 18.0 Å². The number of thioether (sulfide) groups is 1. The third-order valence-corrected chi connectivity index (χ3v) is 4.51. The number of benzene rings is 2. The first kappa shape index (κ1) is 13.9. The first-order valence-corrected chi connectivity index (χ1v) is 7.76. The van der Waals surface area contributed by atoms with Crippen LogP contribution in [-0.2, 0) is 0 Å². The van der Waals surface area contributed by atoms with E-state index >= 15 is 0 Å². The molecule has 0 radical (unpaired) electrons. The lowest BCUT2D eigenvalue weighted by molar-refractivity contribution is 0.248. The number of carbonyl (C=O) groups excluding carboxylic acids is 1. The molecule has 0 bridgehead atoms. The number of urea groups is 1. The Morgan fingerprint density at radius 1 is 1.14 bits per heavy atom. The monoisotopic (exact) mass is 302 g/mol. The molecule has 1 atom stereocenters. The van der Waals surface area contributed by atoms with Crippen molar-refractivity contribution in [2.45, 2.75) is 17.4 Å². The maximum absolute atomic E-state index is 13.5. The second-order valence-electron chi connectivity index (χ2n) is 4.81. The van der Waals surface area contributed by atoms with Gasteiger partial charge in [0, 0.05) is 10.6 Å². The third kappa shape index (κ3) is 3.19. The number of para-hydroxylation sites is 1. The highest BCUT2D eigenvalue weighted by atomic mass is 32.2. The maximum atomic E-state index is 13.5. The summed E-state index contributed by atoms with van der Waals surface area (Å²) in [5.74, 6) is 0.522. The molecule has 108 valence electrons. The molecule has 1 aliphatic rings.